The van der Waals surface area contributed by atoms with Gasteiger partial charge in [0.15, 0.2) is 0 Å². The quantitative estimate of drug-likeness (QED) is 0.412. The third kappa shape index (κ3) is 6.55. The van der Waals surface area contributed by atoms with Crippen LogP contribution in [0.3, 0.4) is 0 Å². The van der Waals surface area contributed by atoms with Crippen molar-refractivity contribution < 1.29 is 28.7 Å². The fourth-order valence-corrected chi connectivity index (χ4v) is 5.58. The molecular weight excluding hydrogens is 532 g/mol. The summed E-state index contributed by atoms with van der Waals surface area (Å²) in [6.45, 7) is 7.14. The molecule has 8 nitrogen and oxygen atoms in total. The number of allylic oxidation sites excluding steroid dienone is 1. The molecule has 1 saturated heterocycles. The molecule has 2 aromatic carbocycles. The Morgan fingerprint density at radius 2 is 1.65 bits per heavy atom. The third-order valence-corrected chi connectivity index (χ3v) is 7.75. The van der Waals surface area contributed by atoms with Crippen LogP contribution in [0.4, 0.5) is 0 Å². The Labute approximate surface area is 239 Å². The minimum absolute atomic E-state index is 0.0899. The van der Waals surface area contributed by atoms with Gasteiger partial charge in [0.05, 0.1) is 31.2 Å². The van der Waals surface area contributed by atoms with Gasteiger partial charge in [0.1, 0.15) is 0 Å². The first-order valence-electron chi connectivity index (χ1n) is 13.7. The fourth-order valence-electron chi connectivity index (χ4n) is 5.38. The number of hydrogen-bond acceptors (Lipinski definition) is 6. The highest BCUT2D eigenvalue weighted by Crippen LogP contribution is 2.38. The maximum absolute atomic E-state index is 13.3. The minimum Gasteiger partial charge on any atom is -0.466 e. The molecule has 2 aromatic rings. The molecule has 1 unspecified atom stereocenters. The van der Waals surface area contributed by atoms with Gasteiger partial charge in [-0.2, -0.15) is 0 Å². The number of carbonyl (C=O) groups is 4. The van der Waals surface area contributed by atoms with E-state index in [1.165, 1.54) is 0 Å². The van der Waals surface area contributed by atoms with Crippen LogP contribution in [0.5, 0.6) is 0 Å². The van der Waals surface area contributed by atoms with Crippen molar-refractivity contribution in [3.05, 3.63) is 81.5 Å². The molecule has 212 valence electrons. The highest BCUT2D eigenvalue weighted by Gasteiger charge is 2.37. The molecule has 2 aliphatic heterocycles. The molecule has 0 bridgehead atoms. The fraction of sp³-hybridized carbons (Fsp3) is 0.419. The molecule has 0 spiro atoms. The van der Waals surface area contributed by atoms with Gasteiger partial charge in [-0.25, -0.2) is 4.79 Å². The van der Waals surface area contributed by atoms with E-state index in [-0.39, 0.29) is 43.3 Å². The number of benzene rings is 2. The molecule has 40 heavy (non-hydrogen) atoms. The molecule has 4 rings (SSSR count). The lowest BCUT2D eigenvalue weighted by atomic mass is 9.83. The average molecular weight is 567 g/mol. The first-order chi connectivity index (χ1) is 19.2. The Morgan fingerprint density at radius 3 is 2.27 bits per heavy atom. The van der Waals surface area contributed by atoms with Crippen LogP contribution in [0.25, 0.3) is 0 Å². The van der Waals surface area contributed by atoms with Crippen molar-refractivity contribution >= 4 is 35.4 Å². The number of rotatable bonds is 8. The number of nitrogens with zero attached hydrogens (tertiary/aromatic N) is 2. The predicted molar refractivity (Wildman–Crippen MR) is 150 cm³/mol. The maximum Gasteiger partial charge on any atom is 0.336 e. The number of hydrogen-bond donors (Lipinski definition) is 0. The Hall–Kier alpha value is -3.65. The monoisotopic (exact) mass is 566 g/mol. The molecule has 0 aliphatic carbocycles. The van der Waals surface area contributed by atoms with Crippen LogP contribution < -0.4 is 0 Å². The summed E-state index contributed by atoms with van der Waals surface area (Å²) >= 11 is 6.20. The van der Waals surface area contributed by atoms with Crippen LogP contribution >= 0.6 is 11.6 Å². The largest absolute Gasteiger partial charge is 0.466 e. The molecule has 1 atom stereocenters. The van der Waals surface area contributed by atoms with Crippen LogP contribution in [0.1, 0.15) is 67.4 Å². The van der Waals surface area contributed by atoms with Gasteiger partial charge in [0.25, 0.3) is 5.91 Å². The molecule has 9 heteroatoms. The summed E-state index contributed by atoms with van der Waals surface area (Å²) in [7, 11) is 0. The molecule has 0 aromatic heterocycles. The van der Waals surface area contributed by atoms with Crippen LogP contribution in [0, 0.1) is 5.92 Å². The van der Waals surface area contributed by atoms with E-state index in [2.05, 4.69) is 0 Å². The second-order valence-electron chi connectivity index (χ2n) is 10.0. The molecule has 2 amide bonds. The van der Waals surface area contributed by atoms with Crippen molar-refractivity contribution in [3.63, 3.8) is 0 Å². The van der Waals surface area contributed by atoms with Crippen LogP contribution in [0.2, 0.25) is 5.02 Å². The van der Waals surface area contributed by atoms with E-state index in [1.807, 2.05) is 18.2 Å². The topological polar surface area (TPSA) is 93.2 Å². The Kier molecular flexibility index (Phi) is 9.63. The number of esters is 2. The number of likely N-dealkylation sites (tertiary alicyclic amines) is 1. The highest BCUT2D eigenvalue weighted by atomic mass is 35.5. The standard InChI is InChI=1S/C31H35ClN2O6/c1-4-39-30(37)23-13-15-33(16-14-23)29(36)22-11-9-21(10-12-22)19-34-20(3)28(31(38)40-5-2)26(18-27(34)35)24-7-6-8-25(32)17-24/h6-12,17,23,26H,4-5,13-16,18-19H2,1-3H3. The van der Waals surface area contributed by atoms with E-state index in [0.29, 0.717) is 54.4 Å². The van der Waals surface area contributed by atoms with Gasteiger partial charge in [0, 0.05) is 41.7 Å². The normalized spacial score (nSPS) is 18.1. The van der Waals surface area contributed by atoms with Crippen molar-refractivity contribution in [2.45, 2.75) is 52.5 Å². The van der Waals surface area contributed by atoms with Crippen molar-refractivity contribution in [1.82, 2.24) is 9.80 Å². The zero-order chi connectivity index (χ0) is 28.8. The molecule has 1 fully saturated rings. The van der Waals surface area contributed by atoms with Gasteiger partial charge >= 0.3 is 11.9 Å². The third-order valence-electron chi connectivity index (χ3n) is 7.51. The Balaban J connectivity index is 1.48. The summed E-state index contributed by atoms with van der Waals surface area (Å²) in [5, 5.41) is 0.534. The van der Waals surface area contributed by atoms with Gasteiger partial charge in [-0.05, 0) is 69.0 Å². The smallest absolute Gasteiger partial charge is 0.336 e. The number of amides is 2. The lowest BCUT2D eigenvalue weighted by Gasteiger charge is -2.34. The first kappa shape index (κ1) is 29.3. The van der Waals surface area contributed by atoms with E-state index < -0.39 is 11.9 Å². The average Bonchev–Trinajstić information content (AvgIpc) is 2.95. The molecular formula is C31H35ClN2O6. The maximum atomic E-state index is 13.3. The predicted octanol–water partition coefficient (Wildman–Crippen LogP) is 5.11. The summed E-state index contributed by atoms with van der Waals surface area (Å²) in [4.78, 5) is 54.8. The van der Waals surface area contributed by atoms with Gasteiger partial charge in [-0.15, -0.1) is 0 Å². The van der Waals surface area contributed by atoms with Crippen molar-refractivity contribution in [3.8, 4) is 0 Å². The number of ether oxygens (including phenoxy) is 2. The molecule has 2 heterocycles. The highest BCUT2D eigenvalue weighted by molar-refractivity contribution is 6.30. The minimum atomic E-state index is -0.450. The zero-order valence-corrected chi connectivity index (χ0v) is 23.9. The Bertz CT molecular complexity index is 1300. The van der Waals surface area contributed by atoms with Crippen LogP contribution in [-0.2, 0) is 30.4 Å². The second kappa shape index (κ2) is 13.1. The lowest BCUT2D eigenvalue weighted by Crippen LogP contribution is -2.40. The van der Waals surface area contributed by atoms with E-state index in [9.17, 15) is 19.2 Å². The van der Waals surface area contributed by atoms with Crippen molar-refractivity contribution in [2.75, 3.05) is 26.3 Å². The Morgan fingerprint density at radius 1 is 0.975 bits per heavy atom. The van der Waals surface area contributed by atoms with E-state index in [4.69, 9.17) is 21.1 Å². The SMILES string of the molecule is CCOC(=O)C1=C(C)N(Cc2ccc(C(=O)N3CCC(C(=O)OCC)CC3)cc2)C(=O)CC1c1cccc(Cl)c1. The van der Waals surface area contributed by atoms with E-state index in [1.54, 1.807) is 60.9 Å². The number of halogens is 1. The van der Waals surface area contributed by atoms with Gasteiger partial charge in [-0.3, -0.25) is 14.4 Å². The van der Waals surface area contributed by atoms with Crippen molar-refractivity contribution in [2.24, 2.45) is 5.92 Å². The van der Waals surface area contributed by atoms with Crippen molar-refractivity contribution in [1.29, 1.82) is 0 Å². The lowest BCUT2D eigenvalue weighted by molar-refractivity contribution is -0.149. The number of carbonyl (C=O) groups excluding carboxylic acids is 4. The van der Waals surface area contributed by atoms with Crippen LogP contribution in [-0.4, -0.2) is 59.9 Å². The first-order valence-corrected chi connectivity index (χ1v) is 14.1. The number of piperidine rings is 1. The van der Waals surface area contributed by atoms with Crippen LogP contribution in [0.15, 0.2) is 59.8 Å². The summed E-state index contributed by atoms with van der Waals surface area (Å²) in [6.07, 6.45) is 1.29. The molecule has 0 radical (unpaired) electrons. The zero-order valence-electron chi connectivity index (χ0n) is 23.2. The van der Waals surface area contributed by atoms with E-state index in [0.717, 1.165) is 11.1 Å². The summed E-state index contributed by atoms with van der Waals surface area (Å²) in [5.74, 6) is -1.46. The van der Waals surface area contributed by atoms with Gasteiger partial charge < -0.3 is 19.3 Å². The van der Waals surface area contributed by atoms with E-state index >= 15 is 0 Å². The van der Waals surface area contributed by atoms with Gasteiger partial charge in [-0.1, -0.05) is 35.9 Å². The molecule has 0 saturated carbocycles. The molecule has 0 N–H and O–H groups in total. The molecule has 2 aliphatic rings. The summed E-state index contributed by atoms with van der Waals surface area (Å²) in [6, 6.07) is 14.4. The summed E-state index contributed by atoms with van der Waals surface area (Å²) in [5.41, 5.74) is 3.15. The summed E-state index contributed by atoms with van der Waals surface area (Å²) < 4.78 is 10.5. The second-order valence-corrected chi connectivity index (χ2v) is 10.5. The van der Waals surface area contributed by atoms with Gasteiger partial charge in [0.2, 0.25) is 5.91 Å².